The third-order valence-electron chi connectivity index (χ3n) is 11.3. The van der Waals surface area contributed by atoms with Crippen molar-refractivity contribution in [1.29, 1.82) is 0 Å². The standard InChI is InChI=1S/C44H48N4O8/c1-5-24(3)43(53)55-34-21-32-40(52)38-33(51)20-30(23-49)54-42(38)39-37(27-15-16-47-35(45)19-27)31(26-9-7-11-29(50)18-26)12-8-10-28(44(34,4)56-41(32)39)17-25-13-14-36(46-6-2)48-22-25/h5,7,9,11,13-15,18-20,22,28,31,34,36-37,46-50,52H,6,10,16-17,21,23,45H2,1-4H3/b24-5-/t28-,31-,34-,36?,37+,44+/m1/s1. The van der Waals surface area contributed by atoms with Gasteiger partial charge < -0.3 is 45.6 Å². The van der Waals surface area contributed by atoms with Crippen LogP contribution in [0.1, 0.15) is 74.8 Å². The number of carbonyl (C=O) groups excluding carboxylic acids is 1. The largest absolute Gasteiger partial charge is 0.508 e. The second-order valence-corrected chi connectivity index (χ2v) is 14.8. The lowest BCUT2D eigenvalue weighted by Crippen LogP contribution is -2.56. The molecule has 0 saturated carbocycles. The fourth-order valence-corrected chi connectivity index (χ4v) is 8.11. The maximum absolute atomic E-state index is 13.9. The van der Waals surface area contributed by atoms with Crippen LogP contribution in [0.25, 0.3) is 11.0 Å². The highest BCUT2D eigenvalue weighted by molar-refractivity contribution is 5.92. The van der Waals surface area contributed by atoms with E-state index >= 15 is 0 Å². The molecule has 2 aromatic carbocycles. The molecule has 0 spiro atoms. The van der Waals surface area contributed by atoms with Crippen molar-refractivity contribution in [3.05, 3.63) is 122 Å². The van der Waals surface area contributed by atoms with Crippen molar-refractivity contribution in [2.75, 3.05) is 13.1 Å². The first-order chi connectivity index (χ1) is 26.9. The average Bonchev–Trinajstić information content (AvgIpc) is 3.18. The molecule has 56 heavy (non-hydrogen) atoms. The van der Waals surface area contributed by atoms with E-state index in [0.717, 1.165) is 23.8 Å². The number of aliphatic hydroxyl groups excluding tert-OH is 1. The summed E-state index contributed by atoms with van der Waals surface area (Å²) < 4.78 is 20.0. The molecule has 7 rings (SSSR count). The Bertz CT molecular complexity index is 2340. The number of phenolic OH excluding ortho intramolecular Hbond substituents is 2. The third-order valence-corrected chi connectivity index (χ3v) is 11.3. The van der Waals surface area contributed by atoms with Gasteiger partial charge in [-0.05, 0) is 74.7 Å². The maximum atomic E-state index is 13.9. The minimum Gasteiger partial charge on any atom is -0.508 e. The van der Waals surface area contributed by atoms with E-state index < -0.39 is 41.5 Å². The smallest absolute Gasteiger partial charge is 0.333 e. The molecule has 5 heterocycles. The minimum atomic E-state index is -1.23. The predicted molar refractivity (Wildman–Crippen MR) is 212 cm³/mol. The van der Waals surface area contributed by atoms with Crippen LogP contribution in [0.5, 0.6) is 17.2 Å². The Hall–Kier alpha value is -5.90. The van der Waals surface area contributed by atoms with Crippen molar-refractivity contribution in [2.45, 2.75) is 83.3 Å². The highest BCUT2D eigenvalue weighted by Crippen LogP contribution is 2.55. The number of rotatable bonds is 9. The molecule has 0 radical (unpaired) electrons. The number of aromatic hydroxyl groups is 2. The van der Waals surface area contributed by atoms with E-state index in [1.54, 1.807) is 44.2 Å². The number of ether oxygens (including phenoxy) is 2. The fourth-order valence-electron chi connectivity index (χ4n) is 8.11. The summed E-state index contributed by atoms with van der Waals surface area (Å²) in [6.45, 7) is 7.98. The lowest BCUT2D eigenvalue weighted by molar-refractivity contribution is -0.164. The van der Waals surface area contributed by atoms with Gasteiger partial charge in [-0.3, -0.25) is 10.1 Å². The molecule has 0 aliphatic carbocycles. The van der Waals surface area contributed by atoms with Crippen LogP contribution in [0.4, 0.5) is 0 Å². The summed E-state index contributed by atoms with van der Waals surface area (Å²) in [5.74, 6) is 5.09. The molecule has 0 amide bonds. The number of nitrogens with one attached hydrogen (secondary N) is 3. The van der Waals surface area contributed by atoms with Crippen molar-refractivity contribution in [3.63, 3.8) is 0 Å². The number of benzene rings is 2. The van der Waals surface area contributed by atoms with Crippen LogP contribution in [0.3, 0.4) is 0 Å². The molecule has 0 saturated heterocycles. The lowest BCUT2D eigenvalue weighted by atomic mass is 9.70. The summed E-state index contributed by atoms with van der Waals surface area (Å²) in [4.78, 5) is 27.5. The van der Waals surface area contributed by atoms with Crippen molar-refractivity contribution >= 4 is 16.9 Å². The van der Waals surface area contributed by atoms with Crippen LogP contribution >= 0.6 is 0 Å². The van der Waals surface area contributed by atoms with Crippen molar-refractivity contribution in [2.24, 2.45) is 11.7 Å². The van der Waals surface area contributed by atoms with Gasteiger partial charge in [0.1, 0.15) is 52.3 Å². The van der Waals surface area contributed by atoms with E-state index in [9.17, 15) is 24.9 Å². The van der Waals surface area contributed by atoms with Crippen molar-refractivity contribution < 1.29 is 34.0 Å². The van der Waals surface area contributed by atoms with Crippen LogP contribution < -0.4 is 31.8 Å². The molecule has 12 heteroatoms. The molecule has 6 atom stereocenters. The summed E-state index contributed by atoms with van der Waals surface area (Å²) >= 11 is 0. The van der Waals surface area contributed by atoms with Gasteiger partial charge in [0, 0.05) is 60.2 Å². The van der Waals surface area contributed by atoms with Crippen LogP contribution in [0.2, 0.25) is 0 Å². The summed E-state index contributed by atoms with van der Waals surface area (Å²) in [7, 11) is 0. The Balaban J connectivity index is 1.54. The number of hydrogen-bond donors (Lipinski definition) is 7. The van der Waals surface area contributed by atoms with Gasteiger partial charge in [-0.2, -0.15) is 0 Å². The fraction of sp³-hybridized carbons (Fsp3) is 0.364. The Kier molecular flexibility index (Phi) is 10.7. The number of allylic oxidation sites excluding steroid dienone is 5. The number of phenols is 2. The Morgan fingerprint density at radius 3 is 2.77 bits per heavy atom. The summed E-state index contributed by atoms with van der Waals surface area (Å²) in [6, 6.07) is 8.02. The van der Waals surface area contributed by atoms with Crippen molar-refractivity contribution in [1.82, 2.24) is 16.0 Å². The Morgan fingerprint density at radius 2 is 2.07 bits per heavy atom. The van der Waals surface area contributed by atoms with Crippen LogP contribution in [-0.2, 0) is 22.6 Å². The maximum Gasteiger partial charge on any atom is 0.333 e. The van der Waals surface area contributed by atoms with Crippen LogP contribution in [-0.4, -0.2) is 52.2 Å². The van der Waals surface area contributed by atoms with E-state index in [4.69, 9.17) is 19.6 Å². The van der Waals surface area contributed by atoms with E-state index in [0.29, 0.717) is 41.9 Å². The Labute approximate surface area is 325 Å². The second kappa shape index (κ2) is 15.7. The molecule has 0 fully saturated rings. The molecule has 292 valence electrons. The minimum absolute atomic E-state index is 0.00614. The number of likely N-dealkylation sites (N-methyl/N-ethyl adjacent to an activating group) is 1. The number of hydrogen-bond acceptors (Lipinski definition) is 12. The zero-order valence-electron chi connectivity index (χ0n) is 31.9. The highest BCUT2D eigenvalue weighted by Gasteiger charge is 2.52. The van der Waals surface area contributed by atoms with Gasteiger partial charge in [0.25, 0.3) is 0 Å². The molecule has 2 bridgehead atoms. The molecule has 1 aromatic heterocycles. The quantitative estimate of drug-likeness (QED) is 0.0894. The summed E-state index contributed by atoms with van der Waals surface area (Å²) in [5.41, 5.74) is 8.10. The van der Waals surface area contributed by atoms with Crippen LogP contribution in [0.15, 0.2) is 98.7 Å². The number of fused-ring (bicyclic) bond motifs is 3. The lowest BCUT2D eigenvalue weighted by Gasteiger charge is -2.48. The molecule has 3 aromatic rings. The monoisotopic (exact) mass is 760 g/mol. The molecule has 12 nitrogen and oxygen atoms in total. The van der Waals surface area contributed by atoms with Gasteiger partial charge in [-0.25, -0.2) is 4.79 Å². The summed E-state index contributed by atoms with van der Waals surface area (Å²) in [6.07, 6.45) is 11.4. The first kappa shape index (κ1) is 38.4. The average molecular weight is 761 g/mol. The van der Waals surface area contributed by atoms with Gasteiger partial charge in [-0.15, -0.1) is 5.92 Å². The van der Waals surface area contributed by atoms with Gasteiger partial charge in [0.05, 0.1) is 17.9 Å². The van der Waals surface area contributed by atoms with E-state index in [1.807, 2.05) is 32.2 Å². The molecule has 4 aliphatic rings. The molecular weight excluding hydrogens is 713 g/mol. The number of esters is 1. The normalized spacial score (nSPS) is 25.6. The topological polar surface area (TPSA) is 189 Å². The predicted octanol–water partition coefficient (Wildman–Crippen LogP) is 4.86. The second-order valence-electron chi connectivity index (χ2n) is 14.8. The van der Waals surface area contributed by atoms with E-state index in [2.05, 4.69) is 39.9 Å². The SMILES string of the molecule is C/C=C(/C)C(=O)O[C@@H]1Cc2c3c(c4oc(CO)cc(=O)c4c2O)[C@@H](C2=CCNC(N)=C2)[C@@H](c2cccc(O)c2)C#CC[C@H](CC2=CNC(NCC)C=C2)[C@]1(C)O3. The molecule has 1 unspecified atom stereocenters. The van der Waals surface area contributed by atoms with Gasteiger partial charge in [-0.1, -0.05) is 43.2 Å². The number of dihydropyridines is 2. The van der Waals surface area contributed by atoms with Gasteiger partial charge >= 0.3 is 5.97 Å². The van der Waals surface area contributed by atoms with E-state index in [1.165, 1.54) is 0 Å². The number of aliphatic hydroxyl groups is 1. The molecule has 8 N–H and O–H groups in total. The number of nitrogens with two attached hydrogens (primary N) is 1. The zero-order valence-corrected chi connectivity index (χ0v) is 31.9. The third kappa shape index (κ3) is 7.16. The van der Waals surface area contributed by atoms with E-state index in [-0.39, 0.29) is 58.0 Å². The first-order valence-corrected chi connectivity index (χ1v) is 19.0. The Morgan fingerprint density at radius 1 is 1.25 bits per heavy atom. The van der Waals surface area contributed by atoms with Gasteiger partial charge in [0.2, 0.25) is 0 Å². The molecular formula is C44H48N4O8. The highest BCUT2D eigenvalue weighted by atomic mass is 16.6. The van der Waals surface area contributed by atoms with Crippen molar-refractivity contribution in [3.8, 4) is 29.1 Å². The summed E-state index contributed by atoms with van der Waals surface area (Å²) in [5, 5.41) is 42.9. The zero-order chi connectivity index (χ0) is 39.7. The number of carbonyl (C=O) groups is 1. The van der Waals surface area contributed by atoms with Gasteiger partial charge in [0.15, 0.2) is 5.43 Å². The van der Waals surface area contributed by atoms with Crippen LogP contribution in [0, 0.1) is 17.8 Å². The first-order valence-electron chi connectivity index (χ1n) is 19.0. The molecule has 4 aliphatic heterocycles.